The Morgan fingerprint density at radius 2 is 2.05 bits per heavy atom. The fourth-order valence-corrected chi connectivity index (χ4v) is 2.51. The van der Waals surface area contributed by atoms with E-state index in [1.54, 1.807) is 24.9 Å². The lowest BCUT2D eigenvalue weighted by Crippen LogP contribution is -1.94. The summed E-state index contributed by atoms with van der Waals surface area (Å²) in [6.07, 6.45) is 3.73. The number of nitrogens with zero attached hydrogens (tertiary/aromatic N) is 4. The van der Waals surface area contributed by atoms with Gasteiger partial charge in [0, 0.05) is 25.0 Å². The van der Waals surface area contributed by atoms with Gasteiger partial charge in [0.25, 0.3) is 0 Å². The minimum atomic E-state index is 0.585. The summed E-state index contributed by atoms with van der Waals surface area (Å²) in [6.45, 7) is 1.78. The van der Waals surface area contributed by atoms with E-state index in [1.165, 1.54) is 0 Å². The Kier molecular flexibility index (Phi) is 3.33. The third-order valence-electron chi connectivity index (χ3n) is 2.53. The highest BCUT2D eigenvalue weighted by atomic mass is 32.2. The Balaban J connectivity index is 1.77. The van der Waals surface area contributed by atoms with Gasteiger partial charge in [-0.3, -0.25) is 4.57 Å². The van der Waals surface area contributed by atoms with Crippen molar-refractivity contribution in [3.05, 3.63) is 54.5 Å². The molecule has 0 unspecified atom stereocenters. The van der Waals surface area contributed by atoms with Crippen molar-refractivity contribution in [2.75, 3.05) is 0 Å². The zero-order valence-electron chi connectivity index (χ0n) is 10.4. The quantitative estimate of drug-likeness (QED) is 0.683. The maximum atomic E-state index is 5.35. The summed E-state index contributed by atoms with van der Waals surface area (Å²) in [6, 6.07) is 10.1. The summed E-state index contributed by atoms with van der Waals surface area (Å²) < 4.78 is 7.38. The Hall–Kier alpha value is -2.08. The molecule has 0 spiro atoms. The van der Waals surface area contributed by atoms with Crippen molar-refractivity contribution in [2.45, 2.75) is 17.8 Å². The molecular weight excluding hydrogens is 260 g/mol. The molecule has 0 aliphatic carbocycles. The van der Waals surface area contributed by atoms with E-state index in [0.29, 0.717) is 17.5 Å². The molecule has 0 radical (unpaired) electrons. The van der Waals surface area contributed by atoms with Crippen molar-refractivity contribution < 1.29 is 4.42 Å². The van der Waals surface area contributed by atoms with Crippen LogP contribution in [-0.2, 0) is 5.75 Å². The molecule has 2 aromatic heterocycles. The van der Waals surface area contributed by atoms with E-state index in [4.69, 9.17) is 4.42 Å². The van der Waals surface area contributed by atoms with Gasteiger partial charge in [-0.2, -0.15) is 0 Å². The molecule has 96 valence electrons. The predicted octanol–water partition coefficient (Wildman–Crippen LogP) is 2.86. The number of para-hydroxylation sites is 1. The van der Waals surface area contributed by atoms with Gasteiger partial charge < -0.3 is 4.42 Å². The number of aryl methyl sites for hydroxylation is 1. The highest BCUT2D eigenvalue weighted by Crippen LogP contribution is 2.23. The smallest absolute Gasteiger partial charge is 0.226 e. The first-order valence-electron chi connectivity index (χ1n) is 5.83. The van der Waals surface area contributed by atoms with Crippen LogP contribution in [0.3, 0.4) is 0 Å². The lowest BCUT2D eigenvalue weighted by molar-refractivity contribution is 0.485. The first-order valence-corrected chi connectivity index (χ1v) is 6.82. The third kappa shape index (κ3) is 2.68. The van der Waals surface area contributed by atoms with Crippen LogP contribution in [0.25, 0.3) is 5.69 Å². The maximum absolute atomic E-state index is 5.35. The lowest BCUT2D eigenvalue weighted by atomic mass is 10.3. The Bertz CT molecular complexity index is 662. The molecule has 0 aliphatic heterocycles. The largest absolute Gasteiger partial charge is 0.425 e. The number of benzene rings is 1. The monoisotopic (exact) mass is 272 g/mol. The van der Waals surface area contributed by atoms with Crippen LogP contribution >= 0.6 is 11.8 Å². The summed E-state index contributed by atoms with van der Waals surface area (Å²) in [5.74, 6) is 1.82. The number of hydrogen-bond donors (Lipinski definition) is 0. The van der Waals surface area contributed by atoms with Crippen molar-refractivity contribution in [1.29, 1.82) is 0 Å². The van der Waals surface area contributed by atoms with Gasteiger partial charge in [-0.15, -0.1) is 10.2 Å². The van der Waals surface area contributed by atoms with E-state index in [2.05, 4.69) is 15.2 Å². The van der Waals surface area contributed by atoms with Crippen LogP contribution < -0.4 is 0 Å². The first kappa shape index (κ1) is 12.0. The first-order chi connectivity index (χ1) is 9.33. The van der Waals surface area contributed by atoms with Gasteiger partial charge in [-0.05, 0) is 12.1 Å². The Morgan fingerprint density at radius 3 is 2.79 bits per heavy atom. The minimum Gasteiger partial charge on any atom is -0.425 e. The molecule has 0 amide bonds. The van der Waals surface area contributed by atoms with Gasteiger partial charge in [0.1, 0.15) is 0 Å². The summed E-state index contributed by atoms with van der Waals surface area (Å²) in [7, 11) is 0. The summed E-state index contributed by atoms with van der Waals surface area (Å²) in [5, 5.41) is 8.69. The number of rotatable bonds is 4. The van der Waals surface area contributed by atoms with Crippen LogP contribution in [0.5, 0.6) is 0 Å². The van der Waals surface area contributed by atoms with Crippen LogP contribution in [0, 0.1) is 6.92 Å². The van der Waals surface area contributed by atoms with E-state index in [0.717, 1.165) is 10.8 Å². The number of imidazole rings is 1. The van der Waals surface area contributed by atoms with Crippen molar-refractivity contribution in [3.8, 4) is 5.69 Å². The molecule has 2 heterocycles. The molecule has 0 fully saturated rings. The molecule has 5 nitrogen and oxygen atoms in total. The molecular formula is C13H12N4OS. The van der Waals surface area contributed by atoms with E-state index in [1.807, 2.05) is 41.1 Å². The summed E-state index contributed by atoms with van der Waals surface area (Å²) >= 11 is 1.57. The van der Waals surface area contributed by atoms with E-state index in [9.17, 15) is 0 Å². The lowest BCUT2D eigenvalue weighted by Gasteiger charge is -2.05. The molecule has 0 saturated heterocycles. The van der Waals surface area contributed by atoms with Crippen LogP contribution in [0.1, 0.15) is 11.8 Å². The summed E-state index contributed by atoms with van der Waals surface area (Å²) in [4.78, 5) is 4.35. The zero-order valence-corrected chi connectivity index (χ0v) is 11.2. The standard InChI is InChI=1S/C13H12N4OS/c1-10-15-16-12(18-10)9-19-13-14-7-8-17(13)11-5-3-2-4-6-11/h2-8H,9H2,1H3. The summed E-state index contributed by atoms with van der Waals surface area (Å²) in [5.41, 5.74) is 1.09. The molecule has 0 bridgehead atoms. The topological polar surface area (TPSA) is 56.7 Å². The minimum absolute atomic E-state index is 0.585. The van der Waals surface area contributed by atoms with Gasteiger partial charge in [0.15, 0.2) is 5.16 Å². The van der Waals surface area contributed by atoms with Crippen LogP contribution in [-0.4, -0.2) is 19.7 Å². The molecule has 19 heavy (non-hydrogen) atoms. The molecule has 0 aliphatic rings. The van der Waals surface area contributed by atoms with Gasteiger partial charge in [0.2, 0.25) is 11.8 Å². The van der Waals surface area contributed by atoms with Gasteiger partial charge in [-0.25, -0.2) is 4.98 Å². The number of aromatic nitrogens is 4. The molecule has 3 aromatic rings. The van der Waals surface area contributed by atoms with Crippen molar-refractivity contribution >= 4 is 11.8 Å². The van der Waals surface area contributed by atoms with Crippen LogP contribution in [0.15, 0.2) is 52.3 Å². The maximum Gasteiger partial charge on any atom is 0.226 e. The number of thioether (sulfide) groups is 1. The second-order valence-corrected chi connectivity index (χ2v) is 4.86. The number of hydrogen-bond acceptors (Lipinski definition) is 5. The Labute approximate surface area is 114 Å². The molecule has 0 saturated carbocycles. The predicted molar refractivity (Wildman–Crippen MR) is 72.2 cm³/mol. The molecule has 1 aromatic carbocycles. The molecule has 6 heteroatoms. The van der Waals surface area contributed by atoms with Crippen molar-refractivity contribution in [2.24, 2.45) is 0 Å². The SMILES string of the molecule is Cc1nnc(CSc2nccn2-c2ccccc2)o1. The average molecular weight is 272 g/mol. The van der Waals surface area contributed by atoms with Crippen molar-refractivity contribution in [3.63, 3.8) is 0 Å². The fourth-order valence-electron chi connectivity index (χ4n) is 1.70. The Morgan fingerprint density at radius 1 is 1.21 bits per heavy atom. The zero-order chi connectivity index (χ0) is 13.1. The average Bonchev–Trinajstić information content (AvgIpc) is 3.06. The van der Waals surface area contributed by atoms with E-state index in [-0.39, 0.29) is 0 Å². The van der Waals surface area contributed by atoms with E-state index < -0.39 is 0 Å². The third-order valence-corrected chi connectivity index (χ3v) is 3.49. The normalized spacial score (nSPS) is 10.8. The second kappa shape index (κ2) is 5.27. The van der Waals surface area contributed by atoms with Gasteiger partial charge in [-0.1, -0.05) is 30.0 Å². The van der Waals surface area contributed by atoms with Crippen molar-refractivity contribution in [1.82, 2.24) is 19.7 Å². The molecule has 0 N–H and O–H groups in total. The van der Waals surface area contributed by atoms with Crippen LogP contribution in [0.4, 0.5) is 0 Å². The fraction of sp³-hybridized carbons (Fsp3) is 0.154. The van der Waals surface area contributed by atoms with E-state index >= 15 is 0 Å². The second-order valence-electron chi connectivity index (χ2n) is 3.92. The molecule has 0 atom stereocenters. The highest BCUT2D eigenvalue weighted by Gasteiger charge is 2.08. The van der Waals surface area contributed by atoms with Gasteiger partial charge in [0.05, 0.1) is 5.75 Å². The molecule has 3 rings (SSSR count). The highest BCUT2D eigenvalue weighted by molar-refractivity contribution is 7.98. The van der Waals surface area contributed by atoms with Crippen LogP contribution in [0.2, 0.25) is 0 Å². The van der Waals surface area contributed by atoms with Gasteiger partial charge >= 0.3 is 0 Å².